The Morgan fingerprint density at radius 2 is 1.82 bits per heavy atom. The van der Waals surface area contributed by atoms with Crippen LogP contribution >= 0.6 is 11.3 Å². The topological polar surface area (TPSA) is 88.3 Å². The number of primary amides is 1. The highest BCUT2D eigenvalue weighted by molar-refractivity contribution is 7.18. The van der Waals surface area contributed by atoms with E-state index in [0.29, 0.717) is 18.0 Å². The molecule has 0 atom stereocenters. The van der Waals surface area contributed by atoms with Gasteiger partial charge in [0, 0.05) is 31.1 Å². The van der Waals surface area contributed by atoms with Gasteiger partial charge in [0.2, 0.25) is 0 Å². The van der Waals surface area contributed by atoms with Crippen molar-refractivity contribution in [3.63, 3.8) is 0 Å². The van der Waals surface area contributed by atoms with Gasteiger partial charge in [-0.1, -0.05) is 24.3 Å². The summed E-state index contributed by atoms with van der Waals surface area (Å²) in [6.45, 7) is 1.84. The monoisotopic (exact) mass is 394 g/mol. The number of nitrogens with two attached hydrogens (primary N) is 1. The average Bonchev–Trinajstić information content (AvgIpc) is 3.16. The Labute approximate surface area is 167 Å². The maximum absolute atomic E-state index is 12.8. The van der Waals surface area contributed by atoms with Gasteiger partial charge in [0.15, 0.2) is 0 Å². The summed E-state index contributed by atoms with van der Waals surface area (Å²) < 4.78 is 1.22. The summed E-state index contributed by atoms with van der Waals surface area (Å²) in [5.41, 5.74) is 7.71. The van der Waals surface area contributed by atoms with Gasteiger partial charge in [0.25, 0.3) is 5.91 Å². The molecule has 1 aliphatic rings. The van der Waals surface area contributed by atoms with Gasteiger partial charge in [-0.3, -0.25) is 4.79 Å². The molecular formula is C21H22N4O2S. The molecular weight excluding hydrogens is 372 g/mol. The highest BCUT2D eigenvalue weighted by Gasteiger charge is 2.26. The van der Waals surface area contributed by atoms with Gasteiger partial charge < -0.3 is 16.0 Å². The number of nitrogens with one attached hydrogen (secondary N) is 1. The lowest BCUT2D eigenvalue weighted by Crippen LogP contribution is -2.37. The first-order chi connectivity index (χ1) is 13.6. The Hall–Kier alpha value is -2.93. The zero-order valence-corrected chi connectivity index (χ0v) is 16.2. The normalized spacial score (nSPS) is 14.9. The maximum atomic E-state index is 12.8. The largest absolute Gasteiger partial charge is 0.352 e. The summed E-state index contributed by atoms with van der Waals surface area (Å²) in [6.07, 6.45) is 1.87. The van der Waals surface area contributed by atoms with Gasteiger partial charge >= 0.3 is 6.03 Å². The van der Waals surface area contributed by atoms with E-state index in [2.05, 4.69) is 17.4 Å². The Morgan fingerprint density at radius 3 is 2.50 bits per heavy atom. The van der Waals surface area contributed by atoms with Gasteiger partial charge in [-0.25, -0.2) is 9.78 Å². The van der Waals surface area contributed by atoms with Gasteiger partial charge in [0.1, 0.15) is 0 Å². The number of hydrogen-bond donors (Lipinski definition) is 2. The second-order valence-corrected chi connectivity index (χ2v) is 8.06. The zero-order chi connectivity index (χ0) is 19.5. The number of piperidine rings is 1. The highest BCUT2D eigenvalue weighted by Crippen LogP contribution is 2.34. The second-order valence-electron chi connectivity index (χ2n) is 7.00. The van der Waals surface area contributed by atoms with E-state index >= 15 is 0 Å². The predicted octanol–water partition coefficient (Wildman–Crippen LogP) is 3.48. The molecule has 0 radical (unpaired) electrons. The molecule has 1 aliphatic heterocycles. The fourth-order valence-electron chi connectivity index (χ4n) is 3.53. The fraction of sp³-hybridized carbons (Fsp3) is 0.286. The number of hydrogen-bond acceptors (Lipinski definition) is 4. The third kappa shape index (κ3) is 3.99. The highest BCUT2D eigenvalue weighted by atomic mass is 32.1. The number of aromatic nitrogens is 1. The van der Waals surface area contributed by atoms with Crippen LogP contribution < -0.4 is 11.1 Å². The quantitative estimate of drug-likeness (QED) is 0.710. The molecule has 0 saturated carbocycles. The van der Waals surface area contributed by atoms with Crippen LogP contribution in [0.5, 0.6) is 0 Å². The molecule has 3 aromatic rings. The molecule has 7 heteroatoms. The van der Waals surface area contributed by atoms with E-state index in [0.717, 1.165) is 37.0 Å². The molecule has 1 aromatic heterocycles. The number of likely N-dealkylation sites (tertiary alicyclic amines) is 1. The number of para-hydroxylation sites is 1. The minimum Gasteiger partial charge on any atom is -0.352 e. The van der Waals surface area contributed by atoms with E-state index in [1.165, 1.54) is 9.71 Å². The Balaban J connectivity index is 1.36. The van der Waals surface area contributed by atoms with E-state index in [1.54, 1.807) is 23.5 Å². The van der Waals surface area contributed by atoms with Crippen LogP contribution in [-0.2, 0) is 6.54 Å². The molecule has 144 valence electrons. The molecule has 0 spiro atoms. The number of rotatable bonds is 4. The van der Waals surface area contributed by atoms with Crippen molar-refractivity contribution in [3.8, 4) is 0 Å². The minimum atomic E-state index is -0.559. The minimum absolute atomic E-state index is 0.0529. The number of thiazole rings is 1. The SMILES string of the molecule is NC(=O)NCc1ccc(C(=O)N2CCC(c3nc4ccccc4s3)CC2)cc1. The van der Waals surface area contributed by atoms with E-state index < -0.39 is 6.03 Å². The second kappa shape index (κ2) is 7.98. The first kappa shape index (κ1) is 18.4. The van der Waals surface area contributed by atoms with Crippen molar-refractivity contribution in [2.75, 3.05) is 13.1 Å². The summed E-state index contributed by atoms with van der Waals surface area (Å²) in [4.78, 5) is 30.3. The van der Waals surface area contributed by atoms with Crippen LogP contribution in [0.25, 0.3) is 10.2 Å². The summed E-state index contributed by atoms with van der Waals surface area (Å²) in [5.74, 6) is 0.473. The summed E-state index contributed by atoms with van der Waals surface area (Å²) in [5, 5.41) is 3.72. The van der Waals surface area contributed by atoms with Crippen LogP contribution in [0, 0.1) is 0 Å². The number of benzene rings is 2. The Morgan fingerprint density at radius 1 is 1.11 bits per heavy atom. The van der Waals surface area contributed by atoms with Crippen LogP contribution in [0.4, 0.5) is 4.79 Å². The first-order valence-electron chi connectivity index (χ1n) is 9.37. The van der Waals surface area contributed by atoms with E-state index in [1.807, 2.05) is 29.2 Å². The summed E-state index contributed by atoms with van der Waals surface area (Å²) in [6, 6.07) is 15.0. The van der Waals surface area contributed by atoms with E-state index in [9.17, 15) is 9.59 Å². The number of fused-ring (bicyclic) bond motifs is 1. The van der Waals surface area contributed by atoms with Crippen LogP contribution in [0.2, 0.25) is 0 Å². The Kier molecular flexibility index (Phi) is 5.25. The van der Waals surface area contributed by atoms with Crippen LogP contribution in [0.3, 0.4) is 0 Å². The van der Waals surface area contributed by atoms with Crippen molar-refractivity contribution in [1.29, 1.82) is 0 Å². The lowest BCUT2D eigenvalue weighted by molar-refractivity contribution is 0.0713. The first-order valence-corrected chi connectivity index (χ1v) is 10.2. The molecule has 3 N–H and O–H groups in total. The van der Waals surface area contributed by atoms with Crippen molar-refractivity contribution in [2.45, 2.75) is 25.3 Å². The standard InChI is InChI=1S/C21H22N4O2S/c22-21(27)23-13-14-5-7-16(8-6-14)20(26)25-11-9-15(10-12-25)19-24-17-3-1-2-4-18(17)28-19/h1-8,15H,9-13H2,(H3,22,23,27). The molecule has 2 heterocycles. The van der Waals surface area contributed by atoms with Crippen molar-refractivity contribution in [2.24, 2.45) is 5.73 Å². The van der Waals surface area contributed by atoms with Crippen LogP contribution in [-0.4, -0.2) is 34.9 Å². The van der Waals surface area contributed by atoms with Crippen molar-refractivity contribution in [1.82, 2.24) is 15.2 Å². The maximum Gasteiger partial charge on any atom is 0.312 e. The molecule has 0 unspecified atom stereocenters. The number of nitrogens with zero attached hydrogens (tertiary/aromatic N) is 2. The number of carbonyl (C=O) groups excluding carboxylic acids is 2. The number of amides is 3. The number of urea groups is 1. The van der Waals surface area contributed by atoms with E-state index in [4.69, 9.17) is 10.7 Å². The predicted molar refractivity (Wildman–Crippen MR) is 110 cm³/mol. The van der Waals surface area contributed by atoms with Crippen molar-refractivity contribution in [3.05, 3.63) is 64.7 Å². The molecule has 4 rings (SSSR count). The molecule has 2 aromatic carbocycles. The number of carbonyl (C=O) groups is 2. The van der Waals surface area contributed by atoms with Crippen molar-refractivity contribution >= 4 is 33.5 Å². The molecule has 1 fully saturated rings. The van der Waals surface area contributed by atoms with Gasteiger partial charge in [0.05, 0.1) is 15.2 Å². The molecule has 0 aliphatic carbocycles. The smallest absolute Gasteiger partial charge is 0.312 e. The van der Waals surface area contributed by atoms with Crippen molar-refractivity contribution < 1.29 is 9.59 Å². The molecule has 3 amide bonds. The molecule has 28 heavy (non-hydrogen) atoms. The molecule has 1 saturated heterocycles. The van der Waals surface area contributed by atoms with Gasteiger partial charge in [-0.05, 0) is 42.7 Å². The third-order valence-electron chi connectivity index (χ3n) is 5.11. The van der Waals surface area contributed by atoms with E-state index in [-0.39, 0.29) is 5.91 Å². The lowest BCUT2D eigenvalue weighted by atomic mass is 9.97. The van der Waals surface area contributed by atoms with Crippen LogP contribution in [0.1, 0.15) is 39.7 Å². The molecule has 0 bridgehead atoms. The fourth-order valence-corrected chi connectivity index (χ4v) is 4.67. The summed E-state index contributed by atoms with van der Waals surface area (Å²) >= 11 is 1.76. The zero-order valence-electron chi connectivity index (χ0n) is 15.4. The van der Waals surface area contributed by atoms with Crippen LogP contribution in [0.15, 0.2) is 48.5 Å². The third-order valence-corrected chi connectivity index (χ3v) is 6.31. The molecule has 6 nitrogen and oxygen atoms in total. The van der Waals surface area contributed by atoms with Gasteiger partial charge in [-0.15, -0.1) is 11.3 Å². The Bertz CT molecular complexity index is 958. The lowest BCUT2D eigenvalue weighted by Gasteiger charge is -2.31. The van der Waals surface area contributed by atoms with Gasteiger partial charge in [-0.2, -0.15) is 0 Å². The average molecular weight is 395 g/mol. The summed E-state index contributed by atoms with van der Waals surface area (Å²) in [7, 11) is 0.